The molecule has 2 N–H and O–H groups in total. The van der Waals surface area contributed by atoms with Crippen molar-refractivity contribution in [2.75, 3.05) is 11.9 Å². The van der Waals surface area contributed by atoms with Gasteiger partial charge in [-0.2, -0.15) is 0 Å². The fraction of sp³-hybridized carbons (Fsp3) is 0.500. The fourth-order valence-electron chi connectivity index (χ4n) is 1.27. The Kier molecular flexibility index (Phi) is 5.30. The van der Waals surface area contributed by atoms with Gasteiger partial charge in [-0.3, -0.25) is 10.1 Å². The second-order valence-corrected chi connectivity index (χ2v) is 4.47. The highest BCUT2D eigenvalue weighted by Gasteiger charge is 2.15. The number of aliphatic hydroxyl groups excluding tert-OH is 1. The van der Waals surface area contributed by atoms with E-state index in [9.17, 15) is 15.2 Å². The Bertz CT molecular complexity index is 400. The minimum Gasteiger partial charge on any atom is -0.393 e. The third-order valence-electron chi connectivity index (χ3n) is 2.27. The fourth-order valence-corrected chi connectivity index (χ4v) is 1.58. The van der Waals surface area contributed by atoms with Crippen molar-refractivity contribution in [1.82, 2.24) is 4.98 Å². The Morgan fingerprint density at radius 1 is 1.71 bits per heavy atom. The molecule has 17 heavy (non-hydrogen) atoms. The first-order valence-corrected chi connectivity index (χ1v) is 6.05. The molecule has 1 aromatic rings. The van der Waals surface area contributed by atoms with Crippen LogP contribution in [0.3, 0.4) is 0 Å². The summed E-state index contributed by atoms with van der Waals surface area (Å²) in [7, 11) is 0. The molecule has 0 aliphatic heterocycles. The van der Waals surface area contributed by atoms with Crippen LogP contribution in [0.2, 0.25) is 0 Å². The number of aromatic nitrogens is 1. The van der Waals surface area contributed by atoms with Crippen molar-refractivity contribution in [2.24, 2.45) is 0 Å². The lowest BCUT2D eigenvalue weighted by atomic mass is 10.2. The van der Waals surface area contributed by atoms with Gasteiger partial charge in [-0.05, 0) is 28.8 Å². The van der Waals surface area contributed by atoms with Gasteiger partial charge < -0.3 is 10.4 Å². The van der Waals surface area contributed by atoms with E-state index < -0.39 is 11.0 Å². The molecular weight excluding hydrogens is 290 g/mol. The van der Waals surface area contributed by atoms with Gasteiger partial charge in [0.25, 0.3) is 0 Å². The molecule has 0 aliphatic carbocycles. The summed E-state index contributed by atoms with van der Waals surface area (Å²) < 4.78 is 0.559. The van der Waals surface area contributed by atoms with Crippen LogP contribution in [0.1, 0.15) is 19.8 Å². The zero-order valence-electron chi connectivity index (χ0n) is 9.39. The van der Waals surface area contributed by atoms with Crippen molar-refractivity contribution in [3.05, 3.63) is 26.9 Å². The smallest absolute Gasteiger partial charge is 0.312 e. The molecule has 0 spiro atoms. The number of nitrogens with one attached hydrogen (secondary N) is 1. The van der Waals surface area contributed by atoms with Crippen LogP contribution >= 0.6 is 15.9 Å². The lowest BCUT2D eigenvalue weighted by Crippen LogP contribution is -2.13. The van der Waals surface area contributed by atoms with Crippen molar-refractivity contribution in [2.45, 2.75) is 25.9 Å². The van der Waals surface area contributed by atoms with Crippen LogP contribution in [0.5, 0.6) is 0 Å². The van der Waals surface area contributed by atoms with E-state index in [2.05, 4.69) is 26.2 Å². The number of nitro groups is 1. The molecule has 0 aliphatic rings. The highest BCUT2D eigenvalue weighted by molar-refractivity contribution is 9.10. The number of pyridine rings is 1. The van der Waals surface area contributed by atoms with E-state index in [0.29, 0.717) is 23.9 Å². The van der Waals surface area contributed by atoms with Gasteiger partial charge in [0.05, 0.1) is 11.0 Å². The van der Waals surface area contributed by atoms with Crippen LogP contribution in [-0.2, 0) is 0 Å². The maximum absolute atomic E-state index is 10.8. The molecule has 0 radical (unpaired) electrons. The summed E-state index contributed by atoms with van der Waals surface area (Å²) in [6.07, 6.45) is 2.30. The van der Waals surface area contributed by atoms with E-state index in [1.54, 1.807) is 0 Å². The summed E-state index contributed by atoms with van der Waals surface area (Å²) in [5.74, 6) is 0.224. The number of nitrogens with zero attached hydrogens (tertiary/aromatic N) is 2. The van der Waals surface area contributed by atoms with Gasteiger partial charge in [0.15, 0.2) is 0 Å². The lowest BCUT2D eigenvalue weighted by Gasteiger charge is -2.09. The summed E-state index contributed by atoms with van der Waals surface area (Å²) in [6.45, 7) is 2.33. The highest BCUT2D eigenvalue weighted by atomic mass is 79.9. The van der Waals surface area contributed by atoms with Gasteiger partial charge in [0.1, 0.15) is 0 Å². The van der Waals surface area contributed by atoms with Gasteiger partial charge in [0, 0.05) is 23.3 Å². The number of aliphatic hydroxyl groups is 1. The van der Waals surface area contributed by atoms with Crippen LogP contribution in [0.15, 0.2) is 16.7 Å². The molecule has 6 nitrogen and oxygen atoms in total. The van der Waals surface area contributed by atoms with E-state index in [4.69, 9.17) is 0 Å². The number of hydrogen-bond acceptors (Lipinski definition) is 5. The predicted molar refractivity (Wildman–Crippen MR) is 68.0 cm³/mol. The lowest BCUT2D eigenvalue weighted by molar-refractivity contribution is -0.384. The van der Waals surface area contributed by atoms with Crippen LogP contribution in [0, 0.1) is 10.1 Å². The Morgan fingerprint density at radius 2 is 2.41 bits per heavy atom. The predicted octanol–water partition coefficient (Wildman–Crippen LogP) is 2.33. The number of rotatable bonds is 6. The third-order valence-corrected chi connectivity index (χ3v) is 2.71. The van der Waals surface area contributed by atoms with Crippen LogP contribution in [0.25, 0.3) is 0 Å². The Morgan fingerprint density at radius 3 is 3.00 bits per heavy atom. The molecule has 0 aromatic carbocycles. The number of hydrogen-bond donors (Lipinski definition) is 2. The van der Waals surface area contributed by atoms with Gasteiger partial charge >= 0.3 is 5.69 Å². The quantitative estimate of drug-likeness (QED) is 0.622. The van der Waals surface area contributed by atoms with Crippen LogP contribution in [-0.4, -0.2) is 27.7 Å². The van der Waals surface area contributed by atoms with E-state index >= 15 is 0 Å². The normalized spacial score (nSPS) is 12.2. The van der Waals surface area contributed by atoms with Gasteiger partial charge in [-0.15, -0.1) is 0 Å². The molecule has 0 bridgehead atoms. The van der Waals surface area contributed by atoms with E-state index in [0.717, 1.165) is 0 Å². The molecular formula is C10H14BrN3O3. The third kappa shape index (κ3) is 4.27. The summed E-state index contributed by atoms with van der Waals surface area (Å²) in [6, 6.07) is 1.39. The topological polar surface area (TPSA) is 88.3 Å². The molecule has 94 valence electrons. The molecule has 0 amide bonds. The minimum atomic E-state index is -0.490. The maximum atomic E-state index is 10.8. The molecule has 0 fully saturated rings. The molecule has 1 rings (SSSR count). The van der Waals surface area contributed by atoms with Crippen molar-refractivity contribution in [3.8, 4) is 0 Å². The second kappa shape index (κ2) is 6.51. The first-order chi connectivity index (χ1) is 8.04. The first kappa shape index (κ1) is 13.9. The molecule has 1 atom stereocenters. The maximum Gasteiger partial charge on any atom is 0.312 e. The van der Waals surface area contributed by atoms with Crippen molar-refractivity contribution < 1.29 is 10.0 Å². The number of halogens is 1. The van der Waals surface area contributed by atoms with Gasteiger partial charge in [0.2, 0.25) is 5.82 Å². The summed E-state index contributed by atoms with van der Waals surface area (Å²) in [5.41, 5.74) is -0.0784. The molecule has 1 unspecified atom stereocenters. The highest BCUT2D eigenvalue weighted by Crippen LogP contribution is 2.25. The zero-order valence-corrected chi connectivity index (χ0v) is 11.0. The zero-order chi connectivity index (χ0) is 12.8. The molecule has 1 aromatic heterocycles. The second-order valence-electron chi connectivity index (χ2n) is 3.56. The van der Waals surface area contributed by atoms with E-state index in [-0.39, 0.29) is 11.5 Å². The SMILES string of the molecule is CCC(O)CCNc1ncc(Br)cc1[N+](=O)[O-]. The molecule has 0 saturated carbocycles. The first-order valence-electron chi connectivity index (χ1n) is 5.26. The average Bonchev–Trinajstić information content (AvgIpc) is 2.30. The molecule has 7 heteroatoms. The van der Waals surface area contributed by atoms with Crippen LogP contribution in [0.4, 0.5) is 11.5 Å². The van der Waals surface area contributed by atoms with Gasteiger partial charge in [-0.25, -0.2) is 4.98 Å². The minimum absolute atomic E-state index is 0.0784. The van der Waals surface area contributed by atoms with Gasteiger partial charge in [-0.1, -0.05) is 6.92 Å². The average molecular weight is 304 g/mol. The van der Waals surface area contributed by atoms with Crippen LogP contribution < -0.4 is 5.32 Å². The Hall–Kier alpha value is -1.21. The summed E-state index contributed by atoms with van der Waals surface area (Å²) in [4.78, 5) is 14.2. The molecule has 1 heterocycles. The standard InChI is InChI=1S/C10H14BrN3O3/c1-2-8(15)3-4-12-10-9(14(16)17)5-7(11)6-13-10/h5-6,8,15H,2-4H2,1H3,(H,12,13). The summed E-state index contributed by atoms with van der Waals surface area (Å²) >= 11 is 3.13. The van der Waals surface area contributed by atoms with E-state index in [1.807, 2.05) is 6.92 Å². The van der Waals surface area contributed by atoms with Crippen molar-refractivity contribution in [1.29, 1.82) is 0 Å². The van der Waals surface area contributed by atoms with Crippen molar-refractivity contribution >= 4 is 27.4 Å². The van der Waals surface area contributed by atoms with Crippen molar-refractivity contribution in [3.63, 3.8) is 0 Å². The molecule has 0 saturated heterocycles. The monoisotopic (exact) mass is 303 g/mol. The number of anilines is 1. The van der Waals surface area contributed by atoms with E-state index in [1.165, 1.54) is 12.3 Å². The largest absolute Gasteiger partial charge is 0.393 e. The Labute approximate surface area is 107 Å². The summed E-state index contributed by atoms with van der Waals surface area (Å²) in [5, 5.41) is 23.0. The Balaban J connectivity index is 2.67.